The van der Waals surface area contributed by atoms with E-state index in [1.807, 2.05) is 0 Å². The number of carbonyl (C=O) groups excluding carboxylic acids is 1. The van der Waals surface area contributed by atoms with Crippen LogP contribution in [0.3, 0.4) is 0 Å². The molecule has 0 aromatic heterocycles. The van der Waals surface area contributed by atoms with Crippen molar-refractivity contribution in [3.63, 3.8) is 0 Å². The molecule has 0 amide bonds. The average Bonchev–Trinajstić information content (AvgIpc) is 3.79. The Labute approximate surface area is 307 Å². The van der Waals surface area contributed by atoms with Crippen LogP contribution in [0.1, 0.15) is 90.4 Å². The van der Waals surface area contributed by atoms with Gasteiger partial charge in [-0.05, 0) is 62.0 Å². The van der Waals surface area contributed by atoms with Gasteiger partial charge in [-0.2, -0.15) is 0 Å². The zero-order valence-corrected chi connectivity index (χ0v) is 30.8. The van der Waals surface area contributed by atoms with Gasteiger partial charge in [-0.15, -0.1) is 0 Å². The first-order valence-electron chi connectivity index (χ1n) is 20.2. The summed E-state index contributed by atoms with van der Waals surface area (Å²) in [5, 5.41) is 10.5. The third kappa shape index (κ3) is 6.59. The highest BCUT2D eigenvalue weighted by atomic mass is 16.8. The third-order valence-electron chi connectivity index (χ3n) is 14.0. The summed E-state index contributed by atoms with van der Waals surface area (Å²) in [5.41, 5.74) is 8.01. The molecule has 10 rings (SSSR count). The topological polar surface area (TPSA) is 146 Å². The summed E-state index contributed by atoms with van der Waals surface area (Å²) >= 11 is 0. The van der Waals surface area contributed by atoms with Crippen molar-refractivity contribution in [1.29, 1.82) is 0 Å². The highest BCUT2D eigenvalue weighted by Crippen LogP contribution is 2.54. The van der Waals surface area contributed by atoms with E-state index in [9.17, 15) is 9.90 Å². The number of rotatable bonds is 4. The molecule has 1 spiro atoms. The lowest BCUT2D eigenvalue weighted by Crippen LogP contribution is -2.61. The third-order valence-corrected chi connectivity index (χ3v) is 14.0. The fourth-order valence-electron chi connectivity index (χ4n) is 11.3. The summed E-state index contributed by atoms with van der Waals surface area (Å²) in [6.45, 7) is 11.3. The van der Waals surface area contributed by atoms with Gasteiger partial charge in [0, 0.05) is 58.1 Å². The van der Waals surface area contributed by atoms with Crippen LogP contribution in [0.5, 0.6) is 0 Å². The van der Waals surface area contributed by atoms with E-state index in [1.54, 1.807) is 7.11 Å². The van der Waals surface area contributed by atoms with Crippen LogP contribution in [0, 0.1) is 11.8 Å². The van der Waals surface area contributed by atoms with Crippen LogP contribution in [0.15, 0.2) is 24.3 Å². The minimum Gasteiger partial charge on any atom is -0.392 e. The van der Waals surface area contributed by atoms with Crippen molar-refractivity contribution in [2.75, 3.05) is 13.7 Å². The molecule has 5 unspecified atom stereocenters. The number of nitrogens with two attached hydrogens (primary N) is 1. The molecule has 0 saturated carbocycles. The molecule has 52 heavy (non-hydrogen) atoms. The van der Waals surface area contributed by atoms with Gasteiger partial charge < -0.3 is 53.5 Å². The molecule has 10 fully saturated rings. The number of Topliss-reactive ketones (excluding diaryl/α,β-unsaturated/α-hetero) is 1. The van der Waals surface area contributed by atoms with Gasteiger partial charge in [0.1, 0.15) is 36.3 Å². The van der Waals surface area contributed by atoms with Crippen LogP contribution in [0.25, 0.3) is 0 Å². The molecule has 10 aliphatic rings. The fraction of sp³-hybridized carbons (Fsp3) is 0.875. The lowest BCUT2D eigenvalue weighted by molar-refractivity contribution is -0.292. The second-order valence-electron chi connectivity index (χ2n) is 17.4. The first kappa shape index (κ1) is 36.4. The molecule has 12 heteroatoms. The first-order valence-corrected chi connectivity index (χ1v) is 20.2. The SMILES string of the molecule is C=C1C2CC3OC(C[C@H](O)CN)[C@H](OC)C3CC(=O)C[C@H]3CC[C@@H]4O[C@@H]5[C@H]6O[C@@H]7C[C@](CC[C@H]8CC(=C)[C@H](CCC(C[C@H]1C)O2)O8)(O[C@H]6[C@H]4O3)O[C@H]57. The quantitative estimate of drug-likeness (QED) is 0.409. The van der Waals surface area contributed by atoms with Crippen LogP contribution < -0.4 is 5.73 Å². The Morgan fingerprint density at radius 3 is 2.38 bits per heavy atom. The summed E-state index contributed by atoms with van der Waals surface area (Å²) in [7, 11) is 1.66. The Morgan fingerprint density at radius 2 is 1.56 bits per heavy atom. The monoisotopic (exact) mass is 729 g/mol. The molecule has 0 aromatic rings. The van der Waals surface area contributed by atoms with Crippen LogP contribution in [0.4, 0.5) is 0 Å². The lowest BCUT2D eigenvalue weighted by atomic mass is 9.81. The number of ether oxygens (including phenoxy) is 9. The van der Waals surface area contributed by atoms with Crippen molar-refractivity contribution in [2.45, 2.75) is 194 Å². The number of aliphatic hydroxyl groups is 1. The molecule has 12 bridgehead atoms. The Kier molecular flexibility index (Phi) is 10.0. The normalized spacial score (nSPS) is 52.4. The largest absolute Gasteiger partial charge is 0.392 e. The van der Waals surface area contributed by atoms with Crippen molar-refractivity contribution >= 4 is 5.78 Å². The van der Waals surface area contributed by atoms with Gasteiger partial charge in [0.2, 0.25) is 0 Å². The zero-order chi connectivity index (χ0) is 35.9. The fourth-order valence-corrected chi connectivity index (χ4v) is 11.3. The van der Waals surface area contributed by atoms with E-state index in [0.717, 1.165) is 56.1 Å². The minimum atomic E-state index is -0.780. The van der Waals surface area contributed by atoms with Crippen LogP contribution in [-0.2, 0) is 47.4 Å². The minimum absolute atomic E-state index is 0.0158. The van der Waals surface area contributed by atoms with Gasteiger partial charge in [-0.3, -0.25) is 4.79 Å². The van der Waals surface area contributed by atoms with E-state index < -0.39 is 18.0 Å². The smallest absolute Gasteiger partial charge is 0.172 e. The van der Waals surface area contributed by atoms with Gasteiger partial charge in [0.15, 0.2) is 5.79 Å². The van der Waals surface area contributed by atoms with Gasteiger partial charge >= 0.3 is 0 Å². The maximum Gasteiger partial charge on any atom is 0.172 e. The maximum absolute atomic E-state index is 14.1. The molecule has 0 radical (unpaired) electrons. The van der Waals surface area contributed by atoms with Crippen molar-refractivity contribution in [1.82, 2.24) is 0 Å². The average molecular weight is 730 g/mol. The van der Waals surface area contributed by atoms with Crippen LogP contribution in [-0.4, -0.2) is 128 Å². The molecule has 290 valence electrons. The van der Waals surface area contributed by atoms with Gasteiger partial charge in [-0.25, -0.2) is 0 Å². The van der Waals surface area contributed by atoms with E-state index in [0.29, 0.717) is 25.7 Å². The standard InChI is InChI=1S/C40H59NO11/c1-19-11-24-5-7-28-20(2)12-26(45-28)9-10-40-17-33-36(51-40)37-38(50-33)39(52-40)35-29(49-37)8-6-25(47-35)13-22(42)14-27-31(16-30(46-24)21(19)3)48-32(34(27)44-4)15-23(43)18-41/h19,23-39,43H,2-3,5-18,41H2,1,4H3/t19-,23+,24?,25-,26+,27?,28+,29+,30?,31?,32?,33-,34-,35+,36+,37+,38-,39+,40+/m1/s1. The molecule has 12 nitrogen and oxygen atoms in total. The highest BCUT2D eigenvalue weighted by molar-refractivity contribution is 5.79. The lowest BCUT2D eigenvalue weighted by Gasteiger charge is -2.47. The van der Waals surface area contributed by atoms with E-state index in [4.69, 9.17) is 48.4 Å². The molecular weight excluding hydrogens is 670 g/mol. The summed E-state index contributed by atoms with van der Waals surface area (Å²) in [5.74, 6) is -0.619. The molecule has 10 heterocycles. The van der Waals surface area contributed by atoms with Crippen molar-refractivity contribution < 1.29 is 52.5 Å². The van der Waals surface area contributed by atoms with Gasteiger partial charge in [0.05, 0.1) is 67.1 Å². The Bertz CT molecular complexity index is 1380. The van der Waals surface area contributed by atoms with Crippen molar-refractivity contribution in [3.05, 3.63) is 24.3 Å². The van der Waals surface area contributed by atoms with Crippen LogP contribution >= 0.6 is 0 Å². The second kappa shape index (κ2) is 14.3. The first-order chi connectivity index (χ1) is 25.1. The second-order valence-corrected chi connectivity index (χ2v) is 17.4. The molecule has 0 aliphatic carbocycles. The highest BCUT2D eigenvalue weighted by Gasteiger charge is 2.68. The number of fused-ring (bicyclic) bond motifs is 6. The van der Waals surface area contributed by atoms with E-state index in [-0.39, 0.29) is 122 Å². The van der Waals surface area contributed by atoms with E-state index in [1.165, 1.54) is 0 Å². The molecule has 3 N–H and O–H groups in total. The molecule has 19 atom stereocenters. The number of ketones is 1. The number of hydrogen-bond acceptors (Lipinski definition) is 12. The molecule has 0 aromatic carbocycles. The molecule has 10 aliphatic heterocycles. The number of hydrogen-bond donors (Lipinski definition) is 2. The molecular formula is C40H59NO11. The predicted octanol–water partition coefficient (Wildman–Crippen LogP) is 3.44. The Morgan fingerprint density at radius 1 is 0.808 bits per heavy atom. The predicted molar refractivity (Wildman–Crippen MR) is 186 cm³/mol. The van der Waals surface area contributed by atoms with Crippen molar-refractivity contribution in [3.8, 4) is 0 Å². The van der Waals surface area contributed by atoms with E-state index in [2.05, 4.69) is 20.1 Å². The summed E-state index contributed by atoms with van der Waals surface area (Å²) < 4.78 is 60.0. The van der Waals surface area contributed by atoms with Gasteiger partial charge in [-0.1, -0.05) is 20.1 Å². The number of aliphatic hydroxyl groups excluding tert-OH is 1. The van der Waals surface area contributed by atoms with Crippen molar-refractivity contribution in [2.24, 2.45) is 17.6 Å². The summed E-state index contributed by atoms with van der Waals surface area (Å²) in [6.07, 6.45) is 4.85. The van der Waals surface area contributed by atoms with Gasteiger partial charge in [0.25, 0.3) is 0 Å². The summed E-state index contributed by atoms with van der Waals surface area (Å²) in [4.78, 5) is 14.1. The number of methoxy groups -OCH3 is 1. The zero-order valence-electron chi connectivity index (χ0n) is 30.8. The van der Waals surface area contributed by atoms with E-state index >= 15 is 0 Å². The number of carbonyl (C=O) groups is 1. The Balaban J connectivity index is 0.994. The Hall–Kier alpha value is -1.29. The summed E-state index contributed by atoms with van der Waals surface area (Å²) in [6, 6.07) is 0. The maximum atomic E-state index is 14.1. The molecule has 10 saturated heterocycles. The van der Waals surface area contributed by atoms with Crippen LogP contribution in [0.2, 0.25) is 0 Å².